The minimum atomic E-state index is -0.367. The van der Waals surface area contributed by atoms with E-state index in [0.29, 0.717) is 22.2 Å². The molecule has 0 saturated heterocycles. The Kier molecular flexibility index (Phi) is 3.71. The Balaban J connectivity index is 1.91. The smallest absolute Gasteiger partial charge is 0.310 e. The average Bonchev–Trinajstić information content (AvgIpc) is 2.67. The van der Waals surface area contributed by atoms with Gasteiger partial charge in [-0.2, -0.15) is 0 Å². The molecule has 2 amide bonds. The molecule has 1 aliphatic rings. The summed E-state index contributed by atoms with van der Waals surface area (Å²) in [6.07, 6.45) is 1.42. The van der Waals surface area contributed by atoms with E-state index in [1.807, 2.05) is 0 Å². The van der Waals surface area contributed by atoms with Gasteiger partial charge in [0, 0.05) is 28.2 Å². The fourth-order valence-electron chi connectivity index (χ4n) is 1.29. The third kappa shape index (κ3) is 3.51. The molecule has 0 aromatic heterocycles. The molecule has 1 heterocycles. The number of urea groups is 1. The van der Waals surface area contributed by atoms with Crippen LogP contribution in [0.1, 0.15) is 0 Å². The number of rotatable bonds is 2. The number of nitrogens with one attached hydrogen (secondary N) is 2. The first kappa shape index (κ1) is 12.0. The molecule has 0 spiro atoms. The number of carbonyl (C=O) groups excluding carboxylic acids is 2. The van der Waals surface area contributed by atoms with Gasteiger partial charge in [0.1, 0.15) is 0 Å². The lowest BCUT2D eigenvalue weighted by molar-refractivity contribution is -0.106. The predicted molar refractivity (Wildman–Crippen MR) is 69.2 cm³/mol. The zero-order valence-corrected chi connectivity index (χ0v) is 10.3. The van der Waals surface area contributed by atoms with E-state index < -0.39 is 0 Å². The largest absolute Gasteiger partial charge is 0.323 e. The van der Waals surface area contributed by atoms with E-state index >= 15 is 0 Å². The molecular weight excluding hydrogens is 260 g/mol. The lowest BCUT2D eigenvalue weighted by atomic mass is 10.3. The Morgan fingerprint density at radius 3 is 2.53 bits per heavy atom. The van der Waals surface area contributed by atoms with E-state index in [1.165, 1.54) is 6.08 Å². The standard InChI is InChI=1S/C11H9ClN2O2S/c12-7-1-3-8(4-2-7)13-11(16)14-9-5-10(15)17-6-9/h1-5H,6H2,(H2,13,14,16). The van der Waals surface area contributed by atoms with Gasteiger partial charge < -0.3 is 10.6 Å². The van der Waals surface area contributed by atoms with Crippen molar-refractivity contribution in [2.75, 3.05) is 11.1 Å². The molecule has 0 fully saturated rings. The highest BCUT2D eigenvalue weighted by atomic mass is 35.5. The molecule has 0 radical (unpaired) electrons. The van der Waals surface area contributed by atoms with Crippen LogP contribution in [0.15, 0.2) is 36.0 Å². The molecule has 0 bridgehead atoms. The molecule has 2 rings (SSSR count). The Hall–Kier alpha value is -1.46. The van der Waals surface area contributed by atoms with Crippen LogP contribution in [0.5, 0.6) is 0 Å². The molecule has 88 valence electrons. The lowest BCUT2D eigenvalue weighted by Crippen LogP contribution is -2.28. The molecule has 6 heteroatoms. The third-order valence-electron chi connectivity index (χ3n) is 2.04. The van der Waals surface area contributed by atoms with E-state index in [-0.39, 0.29) is 11.1 Å². The highest BCUT2D eigenvalue weighted by Crippen LogP contribution is 2.17. The number of anilines is 1. The van der Waals surface area contributed by atoms with Gasteiger partial charge in [-0.3, -0.25) is 4.79 Å². The second-order valence-electron chi connectivity index (χ2n) is 3.36. The minimum Gasteiger partial charge on any atom is -0.310 e. The minimum absolute atomic E-state index is 0.0354. The Morgan fingerprint density at radius 2 is 1.94 bits per heavy atom. The van der Waals surface area contributed by atoms with Crippen molar-refractivity contribution in [3.05, 3.63) is 41.1 Å². The Morgan fingerprint density at radius 1 is 1.24 bits per heavy atom. The molecule has 2 N–H and O–H groups in total. The SMILES string of the molecule is O=C(NC1=CC(=O)SC1)Nc1ccc(Cl)cc1. The van der Waals surface area contributed by atoms with Crippen molar-refractivity contribution in [3.8, 4) is 0 Å². The highest BCUT2D eigenvalue weighted by Gasteiger charge is 2.14. The summed E-state index contributed by atoms with van der Waals surface area (Å²) in [5, 5.41) is 5.82. The van der Waals surface area contributed by atoms with Gasteiger partial charge in [0.25, 0.3) is 0 Å². The zero-order valence-electron chi connectivity index (χ0n) is 8.70. The third-order valence-corrected chi connectivity index (χ3v) is 3.15. The molecular formula is C11H9ClN2O2S. The second kappa shape index (κ2) is 5.25. The number of carbonyl (C=O) groups is 2. The zero-order chi connectivity index (χ0) is 12.3. The molecule has 1 aromatic rings. The maximum absolute atomic E-state index is 11.5. The number of hydrogen-bond acceptors (Lipinski definition) is 3. The van der Waals surface area contributed by atoms with Crippen LogP contribution in [0, 0.1) is 0 Å². The lowest BCUT2D eigenvalue weighted by Gasteiger charge is -2.07. The van der Waals surface area contributed by atoms with Crippen molar-refractivity contribution in [2.45, 2.75) is 0 Å². The number of thioether (sulfide) groups is 1. The van der Waals surface area contributed by atoms with Gasteiger partial charge in [-0.25, -0.2) is 4.79 Å². The van der Waals surface area contributed by atoms with E-state index in [2.05, 4.69) is 10.6 Å². The summed E-state index contributed by atoms with van der Waals surface area (Å²) in [5.74, 6) is 0.507. The summed E-state index contributed by atoms with van der Waals surface area (Å²) in [7, 11) is 0. The summed E-state index contributed by atoms with van der Waals surface area (Å²) < 4.78 is 0. The number of benzene rings is 1. The highest BCUT2D eigenvalue weighted by molar-refractivity contribution is 8.14. The van der Waals surface area contributed by atoms with Crippen LogP contribution >= 0.6 is 23.4 Å². The summed E-state index contributed by atoms with van der Waals surface area (Å²) in [6.45, 7) is 0. The van der Waals surface area contributed by atoms with Crippen LogP contribution in [-0.2, 0) is 4.79 Å². The molecule has 0 atom stereocenters. The number of hydrogen-bond donors (Lipinski definition) is 2. The van der Waals surface area contributed by atoms with Crippen LogP contribution < -0.4 is 10.6 Å². The first-order valence-electron chi connectivity index (χ1n) is 4.84. The maximum atomic E-state index is 11.5. The van der Waals surface area contributed by atoms with Gasteiger partial charge in [-0.1, -0.05) is 23.4 Å². The predicted octanol–water partition coefficient (Wildman–Crippen LogP) is 2.62. The normalized spacial score (nSPS) is 14.4. The Bertz CT molecular complexity index is 485. The van der Waals surface area contributed by atoms with Gasteiger partial charge in [0.15, 0.2) is 0 Å². The second-order valence-corrected chi connectivity index (χ2v) is 4.78. The van der Waals surface area contributed by atoms with E-state index in [1.54, 1.807) is 24.3 Å². The summed E-state index contributed by atoms with van der Waals surface area (Å²) in [6, 6.07) is 6.40. The number of amides is 2. The van der Waals surface area contributed by atoms with Crippen molar-refractivity contribution >= 4 is 40.2 Å². The van der Waals surface area contributed by atoms with E-state index in [9.17, 15) is 9.59 Å². The van der Waals surface area contributed by atoms with Crippen molar-refractivity contribution in [3.63, 3.8) is 0 Å². The maximum Gasteiger partial charge on any atom is 0.323 e. The molecule has 0 unspecified atom stereocenters. The fraction of sp³-hybridized carbons (Fsp3) is 0.0909. The molecule has 0 aliphatic carbocycles. The van der Waals surface area contributed by atoms with Crippen LogP contribution in [-0.4, -0.2) is 16.9 Å². The van der Waals surface area contributed by atoms with Crippen molar-refractivity contribution in [1.29, 1.82) is 0 Å². The van der Waals surface area contributed by atoms with Crippen LogP contribution in [0.25, 0.3) is 0 Å². The first-order valence-corrected chi connectivity index (χ1v) is 6.21. The van der Waals surface area contributed by atoms with Gasteiger partial charge in [-0.15, -0.1) is 0 Å². The molecule has 1 aromatic carbocycles. The summed E-state index contributed by atoms with van der Waals surface area (Å²) >= 11 is 6.89. The molecule has 4 nitrogen and oxygen atoms in total. The van der Waals surface area contributed by atoms with Crippen LogP contribution in [0.3, 0.4) is 0 Å². The molecule has 17 heavy (non-hydrogen) atoms. The van der Waals surface area contributed by atoms with Gasteiger partial charge in [0.2, 0.25) is 5.12 Å². The fourth-order valence-corrected chi connectivity index (χ4v) is 2.09. The topological polar surface area (TPSA) is 58.2 Å². The van der Waals surface area contributed by atoms with Gasteiger partial charge in [-0.05, 0) is 24.3 Å². The van der Waals surface area contributed by atoms with Gasteiger partial charge in [0.05, 0.1) is 0 Å². The summed E-state index contributed by atoms with van der Waals surface area (Å²) in [5.41, 5.74) is 1.26. The van der Waals surface area contributed by atoms with Crippen molar-refractivity contribution in [1.82, 2.24) is 5.32 Å². The quantitative estimate of drug-likeness (QED) is 0.867. The van der Waals surface area contributed by atoms with Crippen LogP contribution in [0.2, 0.25) is 5.02 Å². The first-order chi connectivity index (χ1) is 8.13. The van der Waals surface area contributed by atoms with E-state index in [0.717, 1.165) is 11.8 Å². The van der Waals surface area contributed by atoms with Crippen LogP contribution in [0.4, 0.5) is 10.5 Å². The van der Waals surface area contributed by atoms with Gasteiger partial charge >= 0.3 is 6.03 Å². The Labute approximate surface area is 107 Å². The van der Waals surface area contributed by atoms with Crippen molar-refractivity contribution in [2.24, 2.45) is 0 Å². The average molecular weight is 269 g/mol. The monoisotopic (exact) mass is 268 g/mol. The molecule has 1 aliphatic heterocycles. The molecule has 0 saturated carbocycles. The van der Waals surface area contributed by atoms with Crippen molar-refractivity contribution < 1.29 is 9.59 Å². The summed E-state index contributed by atoms with van der Waals surface area (Å²) in [4.78, 5) is 22.5. The van der Waals surface area contributed by atoms with E-state index in [4.69, 9.17) is 11.6 Å². The number of halogens is 1.